The van der Waals surface area contributed by atoms with E-state index in [0.717, 1.165) is 27.7 Å². The van der Waals surface area contributed by atoms with E-state index < -0.39 is 0 Å². The van der Waals surface area contributed by atoms with Crippen LogP contribution in [-0.2, 0) is 11.4 Å². The molecule has 0 bridgehead atoms. The molecule has 0 unspecified atom stereocenters. The van der Waals surface area contributed by atoms with Crippen molar-refractivity contribution in [2.75, 3.05) is 5.75 Å². The van der Waals surface area contributed by atoms with Gasteiger partial charge in [0.1, 0.15) is 22.4 Å². The minimum absolute atomic E-state index is 0.0439. The molecule has 134 valence electrons. The fourth-order valence-corrected chi connectivity index (χ4v) is 4.23. The number of ether oxygens (including phenoxy) is 1. The summed E-state index contributed by atoms with van der Waals surface area (Å²) in [5, 5.41) is 0.546. The normalized spacial score (nSPS) is 15.4. The van der Waals surface area contributed by atoms with Crippen molar-refractivity contribution < 1.29 is 9.53 Å². The molecule has 0 saturated heterocycles. The summed E-state index contributed by atoms with van der Waals surface area (Å²) < 4.78 is 6.74. The molecule has 2 aromatic rings. The van der Waals surface area contributed by atoms with Crippen molar-refractivity contribution in [3.05, 3.63) is 70.4 Å². The lowest BCUT2D eigenvalue weighted by atomic mass is 10.1. The summed E-state index contributed by atoms with van der Waals surface area (Å²) in [6.07, 6.45) is 2.80. The van der Waals surface area contributed by atoms with Gasteiger partial charge in [-0.15, -0.1) is 0 Å². The van der Waals surface area contributed by atoms with Crippen molar-refractivity contribution in [1.82, 2.24) is 0 Å². The van der Waals surface area contributed by atoms with Crippen LogP contribution in [0.1, 0.15) is 24.5 Å². The molecule has 2 aromatic carbocycles. The minimum Gasteiger partial charge on any atom is -0.488 e. The highest BCUT2D eigenvalue weighted by Gasteiger charge is 2.22. The molecule has 0 aliphatic carbocycles. The molecule has 0 radical (unpaired) electrons. The Morgan fingerprint density at radius 2 is 2.04 bits per heavy atom. The van der Waals surface area contributed by atoms with Crippen LogP contribution in [0.15, 0.2) is 59.2 Å². The molecule has 0 atom stereocenters. The van der Waals surface area contributed by atoms with E-state index in [9.17, 15) is 4.79 Å². The van der Waals surface area contributed by atoms with Gasteiger partial charge in [0.25, 0.3) is 0 Å². The molecule has 1 heterocycles. The molecule has 0 N–H and O–H groups in total. The zero-order valence-electron chi connectivity index (χ0n) is 14.3. The first-order chi connectivity index (χ1) is 12.7. The van der Waals surface area contributed by atoms with E-state index in [4.69, 9.17) is 16.3 Å². The zero-order valence-corrected chi connectivity index (χ0v) is 16.7. The summed E-state index contributed by atoms with van der Waals surface area (Å²) in [4.78, 5) is 16.7. The SMILES string of the molecule is CCCSC1=N/C(=C\c2cc(Cl)ccc2OCc2ccccc2)C(=O)S1. The van der Waals surface area contributed by atoms with Crippen molar-refractivity contribution in [2.24, 2.45) is 4.99 Å². The lowest BCUT2D eigenvalue weighted by Crippen LogP contribution is -1.97. The molecular weight excluding hydrogens is 386 g/mol. The molecule has 26 heavy (non-hydrogen) atoms. The minimum atomic E-state index is -0.0439. The predicted molar refractivity (Wildman–Crippen MR) is 113 cm³/mol. The highest BCUT2D eigenvalue weighted by atomic mass is 35.5. The van der Waals surface area contributed by atoms with Crippen molar-refractivity contribution in [1.29, 1.82) is 0 Å². The third-order valence-electron chi connectivity index (χ3n) is 3.53. The highest BCUT2D eigenvalue weighted by Crippen LogP contribution is 2.33. The van der Waals surface area contributed by atoms with Crippen LogP contribution in [0.4, 0.5) is 0 Å². The number of aliphatic imine (C=N–C) groups is 1. The number of rotatable bonds is 6. The fraction of sp³-hybridized carbons (Fsp3) is 0.200. The molecule has 1 aliphatic heterocycles. The van der Waals surface area contributed by atoms with Crippen molar-refractivity contribution >= 4 is 50.7 Å². The second-order valence-corrected chi connectivity index (χ2v) is 8.34. The Balaban J connectivity index is 1.81. The third kappa shape index (κ3) is 5.16. The van der Waals surface area contributed by atoms with E-state index in [1.165, 1.54) is 11.8 Å². The Morgan fingerprint density at radius 1 is 1.23 bits per heavy atom. The monoisotopic (exact) mass is 403 g/mol. The van der Waals surface area contributed by atoms with E-state index in [1.54, 1.807) is 30.0 Å². The van der Waals surface area contributed by atoms with Crippen LogP contribution < -0.4 is 4.74 Å². The fourth-order valence-electron chi connectivity index (χ4n) is 2.29. The molecule has 3 nitrogen and oxygen atoms in total. The van der Waals surface area contributed by atoms with Crippen LogP contribution in [-0.4, -0.2) is 15.2 Å². The maximum absolute atomic E-state index is 12.2. The maximum atomic E-state index is 12.2. The predicted octanol–water partition coefficient (Wildman–Crippen LogP) is 6.03. The zero-order chi connectivity index (χ0) is 18.4. The van der Waals surface area contributed by atoms with Gasteiger partial charge in [0, 0.05) is 10.6 Å². The summed E-state index contributed by atoms with van der Waals surface area (Å²) in [6.45, 7) is 2.55. The van der Waals surface area contributed by atoms with Crippen LogP contribution in [0.2, 0.25) is 5.02 Å². The quantitative estimate of drug-likeness (QED) is 0.551. The van der Waals surface area contributed by atoms with Crippen LogP contribution in [0, 0.1) is 0 Å². The van der Waals surface area contributed by atoms with Gasteiger partial charge in [0.15, 0.2) is 0 Å². The Hall–Kier alpha value is -1.69. The van der Waals surface area contributed by atoms with Crippen molar-refractivity contribution in [2.45, 2.75) is 20.0 Å². The molecule has 1 aliphatic rings. The highest BCUT2D eigenvalue weighted by molar-refractivity contribution is 8.45. The first-order valence-corrected chi connectivity index (χ1v) is 10.5. The lowest BCUT2D eigenvalue weighted by molar-refractivity contribution is -0.107. The first-order valence-electron chi connectivity index (χ1n) is 8.27. The Kier molecular flexibility index (Phi) is 6.83. The summed E-state index contributed by atoms with van der Waals surface area (Å²) in [5.74, 6) is 1.63. The second-order valence-electron chi connectivity index (χ2n) is 5.60. The van der Waals surface area contributed by atoms with Gasteiger partial charge in [-0.1, -0.05) is 60.6 Å². The Morgan fingerprint density at radius 3 is 2.81 bits per heavy atom. The van der Waals surface area contributed by atoms with Gasteiger partial charge < -0.3 is 4.74 Å². The smallest absolute Gasteiger partial charge is 0.244 e. The van der Waals surface area contributed by atoms with Gasteiger partial charge in [-0.25, -0.2) is 4.99 Å². The second kappa shape index (κ2) is 9.31. The standard InChI is InChI=1S/C20H18ClNO2S2/c1-2-10-25-20-22-17(19(23)26-20)12-15-11-16(21)8-9-18(15)24-13-14-6-4-3-5-7-14/h3-9,11-12H,2,10,13H2,1H3/b17-12-. The molecule has 6 heteroatoms. The van der Waals surface area contributed by atoms with E-state index in [2.05, 4.69) is 11.9 Å². The number of hydrogen-bond donors (Lipinski definition) is 0. The topological polar surface area (TPSA) is 38.7 Å². The number of carbonyl (C=O) groups is 1. The van der Waals surface area contributed by atoms with Gasteiger partial charge in [-0.05, 0) is 53.8 Å². The van der Waals surface area contributed by atoms with E-state index in [0.29, 0.717) is 23.1 Å². The largest absolute Gasteiger partial charge is 0.488 e. The van der Waals surface area contributed by atoms with Crippen LogP contribution in [0.25, 0.3) is 6.08 Å². The molecule has 3 rings (SSSR count). The van der Waals surface area contributed by atoms with E-state index in [1.807, 2.05) is 36.4 Å². The van der Waals surface area contributed by atoms with Crippen molar-refractivity contribution in [3.8, 4) is 5.75 Å². The number of halogens is 1. The Labute approximate surface area is 166 Å². The van der Waals surface area contributed by atoms with Crippen LogP contribution >= 0.6 is 35.1 Å². The number of hydrogen-bond acceptors (Lipinski definition) is 5. The molecule has 0 saturated carbocycles. The van der Waals surface area contributed by atoms with Crippen LogP contribution in [0.5, 0.6) is 5.75 Å². The maximum Gasteiger partial charge on any atom is 0.244 e. The summed E-state index contributed by atoms with van der Waals surface area (Å²) in [6, 6.07) is 15.3. The summed E-state index contributed by atoms with van der Waals surface area (Å²) in [5.41, 5.74) is 2.26. The molecule has 0 amide bonds. The average Bonchev–Trinajstić information content (AvgIpc) is 2.99. The number of nitrogens with zero attached hydrogens (tertiary/aromatic N) is 1. The summed E-state index contributed by atoms with van der Waals surface area (Å²) in [7, 11) is 0. The molecular formula is C20H18ClNO2S2. The van der Waals surface area contributed by atoms with Gasteiger partial charge >= 0.3 is 0 Å². The average molecular weight is 404 g/mol. The van der Waals surface area contributed by atoms with E-state index in [-0.39, 0.29) is 5.12 Å². The molecule has 0 aromatic heterocycles. The molecule has 0 spiro atoms. The van der Waals surface area contributed by atoms with Gasteiger partial charge in [0.2, 0.25) is 5.12 Å². The number of carbonyl (C=O) groups excluding carboxylic acids is 1. The lowest BCUT2D eigenvalue weighted by Gasteiger charge is -2.10. The van der Waals surface area contributed by atoms with Crippen molar-refractivity contribution in [3.63, 3.8) is 0 Å². The number of thioether (sulfide) groups is 2. The number of benzene rings is 2. The third-order valence-corrected chi connectivity index (χ3v) is 5.98. The van der Waals surface area contributed by atoms with Crippen LogP contribution in [0.3, 0.4) is 0 Å². The van der Waals surface area contributed by atoms with Gasteiger partial charge in [-0.2, -0.15) is 0 Å². The first kappa shape index (κ1) is 19.1. The van der Waals surface area contributed by atoms with E-state index >= 15 is 0 Å². The summed E-state index contributed by atoms with van der Waals surface area (Å²) >= 11 is 8.93. The molecule has 0 fully saturated rings. The Bertz CT molecular complexity index is 850. The van der Waals surface area contributed by atoms with Gasteiger partial charge in [0.05, 0.1) is 0 Å². The van der Waals surface area contributed by atoms with Gasteiger partial charge in [-0.3, -0.25) is 4.79 Å².